The second-order valence-corrected chi connectivity index (χ2v) is 8.56. The maximum Gasteiger partial charge on any atom is 0.254 e. The fourth-order valence-corrected chi connectivity index (χ4v) is 4.27. The third-order valence-corrected chi connectivity index (χ3v) is 6.39. The molecule has 1 amide bonds. The largest absolute Gasteiger partial charge is 0.330 e. The Bertz CT molecular complexity index is 872. The Balaban J connectivity index is 2.44. The van der Waals surface area contributed by atoms with Crippen LogP contribution >= 0.6 is 11.3 Å². The second-order valence-electron chi connectivity index (χ2n) is 5.68. The van der Waals surface area contributed by atoms with Gasteiger partial charge in [-0.05, 0) is 55.6 Å². The van der Waals surface area contributed by atoms with Gasteiger partial charge in [0, 0.05) is 17.0 Å². The van der Waals surface area contributed by atoms with Gasteiger partial charge in [-0.1, -0.05) is 12.1 Å². The van der Waals surface area contributed by atoms with E-state index < -0.39 is 10.0 Å². The minimum atomic E-state index is -3.63. The van der Waals surface area contributed by atoms with E-state index in [4.69, 9.17) is 0 Å². The number of nitrogens with one attached hydrogen (secondary N) is 1. The quantitative estimate of drug-likeness (QED) is 0.753. The molecule has 2 rings (SSSR count). The van der Waals surface area contributed by atoms with E-state index in [0.29, 0.717) is 24.2 Å². The Morgan fingerprint density at radius 1 is 1.36 bits per heavy atom. The standard InChI is InChI=1S/C18H22N2O3S2/c1-5-8-20(12-16-7-6-9-24-16)18(21)15-10-13(2)14(3)17(11-15)25(22,23)19-4/h5-7,9-11,19H,1,8,12H2,2-4H3. The smallest absolute Gasteiger partial charge is 0.254 e. The summed E-state index contributed by atoms with van der Waals surface area (Å²) < 4.78 is 26.8. The highest BCUT2D eigenvalue weighted by atomic mass is 32.2. The Morgan fingerprint density at radius 3 is 2.64 bits per heavy atom. The molecule has 0 aliphatic carbocycles. The number of rotatable bonds is 7. The van der Waals surface area contributed by atoms with E-state index >= 15 is 0 Å². The maximum absolute atomic E-state index is 13.0. The molecule has 25 heavy (non-hydrogen) atoms. The van der Waals surface area contributed by atoms with Crippen molar-refractivity contribution in [2.45, 2.75) is 25.3 Å². The molecule has 1 N–H and O–H groups in total. The molecule has 0 fully saturated rings. The highest BCUT2D eigenvalue weighted by molar-refractivity contribution is 7.89. The summed E-state index contributed by atoms with van der Waals surface area (Å²) in [6.45, 7) is 8.10. The van der Waals surface area contributed by atoms with Crippen LogP contribution in [0, 0.1) is 13.8 Å². The highest BCUT2D eigenvalue weighted by Gasteiger charge is 2.22. The summed E-state index contributed by atoms with van der Waals surface area (Å²) in [6.07, 6.45) is 1.66. The van der Waals surface area contributed by atoms with Crippen LogP contribution in [0.3, 0.4) is 0 Å². The molecule has 5 nitrogen and oxygen atoms in total. The van der Waals surface area contributed by atoms with Crippen LogP contribution in [0.25, 0.3) is 0 Å². The number of carbonyl (C=O) groups is 1. The molecule has 0 saturated carbocycles. The summed E-state index contributed by atoms with van der Waals surface area (Å²) in [4.78, 5) is 15.8. The molecule has 134 valence electrons. The van der Waals surface area contributed by atoms with Gasteiger partial charge in [-0.2, -0.15) is 0 Å². The van der Waals surface area contributed by atoms with E-state index in [9.17, 15) is 13.2 Å². The van der Waals surface area contributed by atoms with E-state index in [0.717, 1.165) is 10.4 Å². The highest BCUT2D eigenvalue weighted by Crippen LogP contribution is 2.23. The predicted molar refractivity (Wildman–Crippen MR) is 101 cm³/mol. The van der Waals surface area contributed by atoms with Crippen LogP contribution in [0.1, 0.15) is 26.4 Å². The maximum atomic E-state index is 13.0. The predicted octanol–water partition coefficient (Wildman–Crippen LogP) is 3.10. The lowest BCUT2D eigenvalue weighted by Crippen LogP contribution is -2.31. The van der Waals surface area contributed by atoms with Gasteiger partial charge in [0.15, 0.2) is 0 Å². The van der Waals surface area contributed by atoms with Crippen LogP contribution in [0.5, 0.6) is 0 Å². The normalized spacial score (nSPS) is 11.3. The van der Waals surface area contributed by atoms with Gasteiger partial charge < -0.3 is 4.90 Å². The van der Waals surface area contributed by atoms with E-state index in [1.807, 2.05) is 17.5 Å². The number of sulfonamides is 1. The summed E-state index contributed by atoms with van der Waals surface area (Å²) in [7, 11) is -2.27. The molecular weight excluding hydrogens is 356 g/mol. The average molecular weight is 379 g/mol. The number of hydrogen-bond donors (Lipinski definition) is 1. The Hall–Kier alpha value is -1.96. The van der Waals surface area contributed by atoms with Gasteiger partial charge in [0.2, 0.25) is 10.0 Å². The zero-order chi connectivity index (χ0) is 18.6. The Labute approximate surface area is 153 Å². The van der Waals surface area contributed by atoms with E-state index in [-0.39, 0.29) is 10.8 Å². The fourth-order valence-electron chi connectivity index (χ4n) is 2.49. The molecule has 0 aliphatic heterocycles. The number of aryl methyl sites for hydroxylation is 1. The second kappa shape index (κ2) is 7.95. The molecule has 0 saturated heterocycles. The minimum Gasteiger partial charge on any atom is -0.330 e. The lowest BCUT2D eigenvalue weighted by Gasteiger charge is -2.21. The fraction of sp³-hybridized carbons (Fsp3) is 0.278. The number of nitrogens with zero attached hydrogens (tertiary/aromatic N) is 1. The Morgan fingerprint density at radius 2 is 2.08 bits per heavy atom. The number of benzene rings is 1. The minimum absolute atomic E-state index is 0.132. The molecule has 0 aliphatic rings. The van der Waals surface area contributed by atoms with Crippen molar-refractivity contribution in [2.24, 2.45) is 0 Å². The summed E-state index contributed by atoms with van der Waals surface area (Å²) in [5.74, 6) is -0.219. The van der Waals surface area contributed by atoms with Gasteiger partial charge in [0.1, 0.15) is 0 Å². The molecule has 1 heterocycles. The molecule has 0 atom stereocenters. The van der Waals surface area contributed by atoms with Crippen LogP contribution in [0.15, 0.2) is 47.2 Å². The van der Waals surface area contributed by atoms with Crippen molar-refractivity contribution in [1.29, 1.82) is 0 Å². The lowest BCUT2D eigenvalue weighted by atomic mass is 10.1. The molecule has 7 heteroatoms. The average Bonchev–Trinajstić information content (AvgIpc) is 3.09. The number of hydrogen-bond acceptors (Lipinski definition) is 4. The van der Waals surface area contributed by atoms with Crippen LogP contribution in [0.4, 0.5) is 0 Å². The van der Waals surface area contributed by atoms with Gasteiger partial charge in [-0.3, -0.25) is 4.79 Å². The van der Waals surface area contributed by atoms with Gasteiger partial charge in [-0.15, -0.1) is 17.9 Å². The van der Waals surface area contributed by atoms with Crippen molar-refractivity contribution >= 4 is 27.3 Å². The molecule has 1 aromatic carbocycles. The summed E-state index contributed by atoms with van der Waals surface area (Å²) >= 11 is 1.57. The van der Waals surface area contributed by atoms with Crippen molar-refractivity contribution in [2.75, 3.05) is 13.6 Å². The molecule has 0 radical (unpaired) electrons. The van der Waals surface area contributed by atoms with Crippen molar-refractivity contribution < 1.29 is 13.2 Å². The topological polar surface area (TPSA) is 66.5 Å². The van der Waals surface area contributed by atoms with Gasteiger partial charge in [-0.25, -0.2) is 13.1 Å². The van der Waals surface area contributed by atoms with E-state index in [1.165, 1.54) is 13.1 Å². The first-order valence-electron chi connectivity index (χ1n) is 7.77. The van der Waals surface area contributed by atoms with Crippen LogP contribution < -0.4 is 4.72 Å². The number of carbonyl (C=O) groups excluding carboxylic acids is 1. The molecule has 0 bridgehead atoms. The Kier molecular flexibility index (Phi) is 6.16. The van der Waals surface area contributed by atoms with Gasteiger partial charge in [0.05, 0.1) is 11.4 Å². The van der Waals surface area contributed by atoms with Crippen LogP contribution in [-0.2, 0) is 16.6 Å². The van der Waals surface area contributed by atoms with Crippen LogP contribution in [0.2, 0.25) is 0 Å². The molecular formula is C18H22N2O3S2. The van der Waals surface area contributed by atoms with Crippen molar-refractivity contribution in [3.05, 3.63) is 63.9 Å². The third kappa shape index (κ3) is 4.36. The molecule has 0 spiro atoms. The molecule has 0 unspecified atom stereocenters. The van der Waals surface area contributed by atoms with Crippen molar-refractivity contribution in [3.63, 3.8) is 0 Å². The van der Waals surface area contributed by atoms with Crippen LogP contribution in [-0.4, -0.2) is 32.8 Å². The van der Waals surface area contributed by atoms with Gasteiger partial charge in [0.25, 0.3) is 5.91 Å². The first-order chi connectivity index (χ1) is 11.8. The number of amides is 1. The zero-order valence-electron chi connectivity index (χ0n) is 14.6. The van der Waals surface area contributed by atoms with Crippen molar-refractivity contribution in [1.82, 2.24) is 9.62 Å². The SMILES string of the molecule is C=CCN(Cc1cccs1)C(=O)c1cc(C)c(C)c(S(=O)(=O)NC)c1. The molecule has 1 aromatic heterocycles. The lowest BCUT2D eigenvalue weighted by molar-refractivity contribution is 0.0764. The summed E-state index contributed by atoms with van der Waals surface area (Å²) in [5, 5.41) is 1.96. The zero-order valence-corrected chi connectivity index (χ0v) is 16.2. The summed E-state index contributed by atoms with van der Waals surface area (Å²) in [6, 6.07) is 7.08. The summed E-state index contributed by atoms with van der Waals surface area (Å²) in [5.41, 5.74) is 1.75. The first kappa shape index (κ1) is 19.4. The van der Waals surface area contributed by atoms with E-state index in [1.54, 1.807) is 42.2 Å². The molecule has 2 aromatic rings. The van der Waals surface area contributed by atoms with Gasteiger partial charge >= 0.3 is 0 Å². The number of thiophene rings is 1. The van der Waals surface area contributed by atoms with E-state index in [2.05, 4.69) is 11.3 Å². The monoisotopic (exact) mass is 378 g/mol. The first-order valence-corrected chi connectivity index (χ1v) is 10.1. The third-order valence-electron chi connectivity index (χ3n) is 3.99. The van der Waals surface area contributed by atoms with Crippen molar-refractivity contribution in [3.8, 4) is 0 Å².